The van der Waals surface area contributed by atoms with Gasteiger partial charge in [-0.2, -0.15) is 0 Å². The van der Waals surface area contributed by atoms with Crippen molar-refractivity contribution in [2.75, 3.05) is 25.0 Å². The van der Waals surface area contributed by atoms with Crippen molar-refractivity contribution in [1.82, 2.24) is 15.2 Å². The molecule has 0 aromatic carbocycles. The first-order valence-corrected chi connectivity index (χ1v) is 6.96. The van der Waals surface area contributed by atoms with Crippen LogP contribution >= 0.6 is 0 Å². The van der Waals surface area contributed by atoms with Crippen LogP contribution < -0.4 is 10.6 Å². The number of hydrogen-bond donors (Lipinski definition) is 2. The predicted molar refractivity (Wildman–Crippen MR) is 76.5 cm³/mol. The molecule has 108 valence electrons. The number of pyridine rings is 1. The molecule has 0 bridgehead atoms. The van der Waals surface area contributed by atoms with Crippen molar-refractivity contribution >= 4 is 17.5 Å². The Morgan fingerprint density at radius 3 is 3.05 bits per heavy atom. The Kier molecular flexibility index (Phi) is 4.55. The average molecular weight is 276 g/mol. The van der Waals surface area contributed by atoms with Gasteiger partial charge in [-0.15, -0.1) is 0 Å². The molecule has 1 atom stereocenters. The molecule has 1 aromatic rings. The summed E-state index contributed by atoms with van der Waals surface area (Å²) in [6.07, 6.45) is 2.21. The fourth-order valence-corrected chi connectivity index (χ4v) is 2.37. The number of piperazine rings is 1. The lowest BCUT2D eigenvalue weighted by Gasteiger charge is -2.34. The van der Waals surface area contributed by atoms with Crippen LogP contribution in [-0.2, 0) is 4.79 Å². The number of carbonyl (C=O) groups is 2. The second-order valence-electron chi connectivity index (χ2n) is 4.67. The van der Waals surface area contributed by atoms with Crippen LogP contribution in [0, 0.1) is 0 Å². The van der Waals surface area contributed by atoms with E-state index in [1.807, 2.05) is 19.9 Å². The molecule has 1 aromatic heterocycles. The summed E-state index contributed by atoms with van der Waals surface area (Å²) in [6, 6.07) is 3.15. The van der Waals surface area contributed by atoms with Gasteiger partial charge >= 0.3 is 0 Å². The zero-order valence-electron chi connectivity index (χ0n) is 11.8. The van der Waals surface area contributed by atoms with Crippen LogP contribution in [-0.4, -0.2) is 47.4 Å². The molecule has 2 N–H and O–H groups in total. The highest BCUT2D eigenvalue weighted by Crippen LogP contribution is 2.15. The molecule has 2 heterocycles. The van der Waals surface area contributed by atoms with Crippen molar-refractivity contribution in [2.24, 2.45) is 0 Å². The van der Waals surface area contributed by atoms with Gasteiger partial charge in [-0.3, -0.25) is 14.6 Å². The van der Waals surface area contributed by atoms with E-state index in [0.29, 0.717) is 25.2 Å². The highest BCUT2D eigenvalue weighted by molar-refractivity contribution is 5.97. The van der Waals surface area contributed by atoms with Gasteiger partial charge in [0.1, 0.15) is 11.7 Å². The average Bonchev–Trinajstić information content (AvgIpc) is 2.47. The largest absolute Gasteiger partial charge is 0.385 e. The van der Waals surface area contributed by atoms with Crippen LogP contribution in [0.15, 0.2) is 18.3 Å². The molecule has 6 heteroatoms. The van der Waals surface area contributed by atoms with Gasteiger partial charge in [0.2, 0.25) is 5.91 Å². The molecule has 1 saturated heterocycles. The molecule has 0 saturated carbocycles. The second-order valence-corrected chi connectivity index (χ2v) is 4.67. The molecule has 1 aliphatic rings. The molecule has 1 unspecified atom stereocenters. The van der Waals surface area contributed by atoms with Crippen LogP contribution in [0.3, 0.4) is 0 Å². The Labute approximate surface area is 118 Å². The molecule has 0 radical (unpaired) electrons. The predicted octanol–water partition coefficient (Wildman–Crippen LogP) is 0.864. The van der Waals surface area contributed by atoms with Crippen LogP contribution in [0.2, 0.25) is 0 Å². The lowest BCUT2D eigenvalue weighted by Crippen LogP contribution is -2.57. The van der Waals surface area contributed by atoms with Gasteiger partial charge in [0, 0.05) is 31.5 Å². The maximum absolute atomic E-state index is 12.5. The minimum absolute atomic E-state index is 0.0880. The van der Waals surface area contributed by atoms with Gasteiger partial charge in [0.25, 0.3) is 5.91 Å². The van der Waals surface area contributed by atoms with Gasteiger partial charge in [-0.05, 0) is 25.5 Å². The third-order valence-electron chi connectivity index (χ3n) is 3.34. The summed E-state index contributed by atoms with van der Waals surface area (Å²) >= 11 is 0. The first kappa shape index (κ1) is 14.3. The topological polar surface area (TPSA) is 74.3 Å². The summed E-state index contributed by atoms with van der Waals surface area (Å²) in [6.45, 7) is 5.69. The summed E-state index contributed by atoms with van der Waals surface area (Å²) in [5.74, 6) is -0.276. The zero-order valence-corrected chi connectivity index (χ0v) is 11.8. The fraction of sp³-hybridized carbons (Fsp3) is 0.500. The maximum Gasteiger partial charge on any atom is 0.273 e. The fourth-order valence-electron chi connectivity index (χ4n) is 2.37. The lowest BCUT2D eigenvalue weighted by atomic mass is 10.1. The summed E-state index contributed by atoms with van der Waals surface area (Å²) in [7, 11) is 0. The summed E-state index contributed by atoms with van der Waals surface area (Å²) in [4.78, 5) is 30.1. The van der Waals surface area contributed by atoms with Crippen molar-refractivity contribution in [3.05, 3.63) is 24.0 Å². The Balaban J connectivity index is 2.21. The second kappa shape index (κ2) is 6.36. The van der Waals surface area contributed by atoms with E-state index < -0.39 is 6.04 Å². The maximum atomic E-state index is 12.5. The van der Waals surface area contributed by atoms with Crippen LogP contribution in [0.25, 0.3) is 0 Å². The number of carbonyl (C=O) groups excluding carboxylic acids is 2. The van der Waals surface area contributed by atoms with Gasteiger partial charge in [0.05, 0.1) is 0 Å². The number of hydrogen-bond acceptors (Lipinski definition) is 4. The van der Waals surface area contributed by atoms with Gasteiger partial charge in [-0.1, -0.05) is 6.92 Å². The third-order valence-corrected chi connectivity index (χ3v) is 3.34. The molecule has 1 fully saturated rings. The minimum Gasteiger partial charge on any atom is -0.385 e. The zero-order chi connectivity index (χ0) is 14.5. The molecule has 1 aliphatic heterocycles. The van der Waals surface area contributed by atoms with E-state index in [2.05, 4.69) is 15.6 Å². The first-order valence-electron chi connectivity index (χ1n) is 6.96. The van der Waals surface area contributed by atoms with Crippen molar-refractivity contribution < 1.29 is 9.59 Å². The lowest BCUT2D eigenvalue weighted by molar-refractivity contribution is -0.127. The van der Waals surface area contributed by atoms with E-state index in [1.165, 1.54) is 0 Å². The van der Waals surface area contributed by atoms with E-state index in [4.69, 9.17) is 0 Å². The molecule has 0 spiro atoms. The van der Waals surface area contributed by atoms with E-state index in [9.17, 15) is 9.59 Å². The molecule has 2 amide bonds. The molecular formula is C14H20N4O2. The van der Waals surface area contributed by atoms with Crippen molar-refractivity contribution in [3.8, 4) is 0 Å². The molecular weight excluding hydrogens is 256 g/mol. The number of amides is 2. The Hall–Kier alpha value is -2.11. The van der Waals surface area contributed by atoms with Crippen LogP contribution in [0.4, 0.5) is 5.69 Å². The summed E-state index contributed by atoms with van der Waals surface area (Å²) in [5, 5.41) is 5.94. The molecule has 6 nitrogen and oxygen atoms in total. The molecule has 2 rings (SSSR count). The number of nitrogens with zero attached hydrogens (tertiary/aromatic N) is 2. The summed E-state index contributed by atoms with van der Waals surface area (Å²) in [5.41, 5.74) is 1.23. The third kappa shape index (κ3) is 2.89. The number of rotatable bonds is 4. The Morgan fingerprint density at radius 1 is 1.55 bits per heavy atom. The SMILES string of the molecule is CCNc1ccnc(C(=O)N2CCNC(=O)C2CC)c1. The van der Waals surface area contributed by atoms with Crippen molar-refractivity contribution in [1.29, 1.82) is 0 Å². The van der Waals surface area contributed by atoms with Crippen LogP contribution in [0.5, 0.6) is 0 Å². The smallest absolute Gasteiger partial charge is 0.273 e. The number of anilines is 1. The monoisotopic (exact) mass is 276 g/mol. The van der Waals surface area contributed by atoms with E-state index in [1.54, 1.807) is 17.2 Å². The Morgan fingerprint density at radius 2 is 2.35 bits per heavy atom. The first-order chi connectivity index (χ1) is 9.67. The van der Waals surface area contributed by atoms with Crippen molar-refractivity contribution in [3.63, 3.8) is 0 Å². The quantitative estimate of drug-likeness (QED) is 0.855. The van der Waals surface area contributed by atoms with Gasteiger partial charge in [-0.25, -0.2) is 0 Å². The molecule has 20 heavy (non-hydrogen) atoms. The Bertz CT molecular complexity index is 504. The highest BCUT2D eigenvalue weighted by Gasteiger charge is 2.32. The number of nitrogens with one attached hydrogen (secondary N) is 2. The van der Waals surface area contributed by atoms with Crippen LogP contribution in [0.1, 0.15) is 30.8 Å². The number of aromatic nitrogens is 1. The standard InChI is InChI=1S/C14H20N4O2/c1-3-12-13(19)17-7-8-18(12)14(20)11-9-10(15-4-2)5-6-16-11/h5-6,9,12H,3-4,7-8H2,1-2H3,(H,15,16)(H,17,19). The van der Waals surface area contributed by atoms with Gasteiger partial charge in [0.15, 0.2) is 0 Å². The highest BCUT2D eigenvalue weighted by atomic mass is 16.2. The van der Waals surface area contributed by atoms with E-state index in [-0.39, 0.29) is 11.8 Å². The van der Waals surface area contributed by atoms with E-state index >= 15 is 0 Å². The molecule has 0 aliphatic carbocycles. The van der Waals surface area contributed by atoms with Gasteiger partial charge < -0.3 is 15.5 Å². The normalized spacial score (nSPS) is 18.6. The minimum atomic E-state index is -0.402. The summed E-state index contributed by atoms with van der Waals surface area (Å²) < 4.78 is 0. The van der Waals surface area contributed by atoms with E-state index in [0.717, 1.165) is 12.2 Å². The van der Waals surface area contributed by atoms with Crippen molar-refractivity contribution in [2.45, 2.75) is 26.3 Å².